The number of para-hydroxylation sites is 1. The van der Waals surface area contributed by atoms with E-state index in [1.807, 2.05) is 54.6 Å². The highest BCUT2D eigenvalue weighted by atomic mass is 16.5. The van der Waals surface area contributed by atoms with E-state index in [0.717, 1.165) is 28.6 Å². The van der Waals surface area contributed by atoms with Gasteiger partial charge in [0.25, 0.3) is 0 Å². The average Bonchev–Trinajstić information content (AvgIpc) is 2.76. The molecule has 0 fully saturated rings. The number of anilines is 2. The van der Waals surface area contributed by atoms with Gasteiger partial charge in [0.2, 0.25) is 5.95 Å². The second-order valence-corrected chi connectivity index (χ2v) is 5.88. The van der Waals surface area contributed by atoms with Gasteiger partial charge in [-0.15, -0.1) is 0 Å². The van der Waals surface area contributed by atoms with E-state index < -0.39 is 0 Å². The molecule has 0 aliphatic carbocycles. The first-order valence-electron chi connectivity index (χ1n) is 8.98. The first-order chi connectivity index (χ1) is 13.8. The smallest absolute Gasteiger partial charge is 0.224 e. The van der Waals surface area contributed by atoms with Gasteiger partial charge in [0.15, 0.2) is 0 Å². The lowest BCUT2D eigenvalue weighted by Gasteiger charge is -2.11. The first kappa shape index (κ1) is 19.3. The van der Waals surface area contributed by atoms with Crippen molar-refractivity contribution in [3.05, 3.63) is 66.4 Å². The quantitative estimate of drug-likeness (QED) is 0.520. The van der Waals surface area contributed by atoms with Crippen molar-refractivity contribution >= 4 is 11.8 Å². The number of ether oxygens (including phenoxy) is 3. The zero-order valence-electron chi connectivity index (χ0n) is 16.0. The zero-order valence-corrected chi connectivity index (χ0v) is 16.0. The molecule has 2 N–H and O–H groups in total. The van der Waals surface area contributed by atoms with E-state index in [9.17, 15) is 0 Å². The molecule has 146 valence electrons. The summed E-state index contributed by atoms with van der Waals surface area (Å²) < 4.78 is 16.2. The van der Waals surface area contributed by atoms with Crippen LogP contribution in [0, 0.1) is 0 Å². The van der Waals surface area contributed by atoms with Crippen molar-refractivity contribution < 1.29 is 14.2 Å². The second kappa shape index (κ2) is 10.0. The van der Waals surface area contributed by atoms with Crippen molar-refractivity contribution in [2.45, 2.75) is 6.54 Å². The molecule has 1 heterocycles. The third kappa shape index (κ3) is 5.51. The van der Waals surface area contributed by atoms with Crippen LogP contribution in [0.25, 0.3) is 0 Å². The molecule has 3 aromatic rings. The first-order valence-corrected chi connectivity index (χ1v) is 8.98. The summed E-state index contributed by atoms with van der Waals surface area (Å²) in [5.74, 6) is 3.72. The number of hydrogen-bond acceptors (Lipinski definition) is 7. The van der Waals surface area contributed by atoms with E-state index >= 15 is 0 Å². The molecule has 0 saturated heterocycles. The van der Waals surface area contributed by atoms with Gasteiger partial charge in [-0.2, -0.15) is 4.98 Å². The highest BCUT2D eigenvalue weighted by molar-refractivity contribution is 5.42. The van der Waals surface area contributed by atoms with E-state index in [0.29, 0.717) is 25.6 Å². The summed E-state index contributed by atoms with van der Waals surface area (Å²) in [6.45, 7) is 1.69. The molecular weight excluding hydrogens is 356 g/mol. The molecular formula is C21H24N4O3. The van der Waals surface area contributed by atoms with Crippen LogP contribution in [-0.2, 0) is 6.54 Å². The molecule has 2 aromatic carbocycles. The van der Waals surface area contributed by atoms with Crippen molar-refractivity contribution in [2.75, 3.05) is 38.0 Å². The largest absolute Gasteiger partial charge is 0.497 e. The Morgan fingerprint density at radius 1 is 0.857 bits per heavy atom. The average molecular weight is 380 g/mol. The highest BCUT2D eigenvalue weighted by Crippen LogP contribution is 2.19. The monoisotopic (exact) mass is 380 g/mol. The van der Waals surface area contributed by atoms with Gasteiger partial charge in [-0.05, 0) is 36.4 Å². The Morgan fingerprint density at radius 2 is 1.64 bits per heavy atom. The summed E-state index contributed by atoms with van der Waals surface area (Å²) in [4.78, 5) is 8.70. The molecule has 3 rings (SSSR count). The Labute approximate surface area is 164 Å². The molecule has 0 atom stereocenters. The minimum Gasteiger partial charge on any atom is -0.497 e. The summed E-state index contributed by atoms with van der Waals surface area (Å²) in [6.07, 6.45) is 1.71. The molecule has 0 aliphatic rings. The number of nitrogens with zero attached hydrogens (tertiary/aromatic N) is 2. The Hall–Kier alpha value is -3.48. The standard InChI is InChI=1S/C21H24N4O3/c1-26-17-7-9-18(10-8-17)28-14-13-23-21-22-12-11-20(25-21)24-15-16-5-3-4-6-19(16)27-2/h3-12H,13-15H2,1-2H3,(H2,22,23,24,25). The van der Waals surface area contributed by atoms with E-state index in [-0.39, 0.29) is 0 Å². The SMILES string of the molecule is COc1ccc(OCCNc2nccc(NCc3ccccc3OC)n2)cc1. The maximum atomic E-state index is 5.69. The van der Waals surface area contributed by atoms with Crippen LogP contribution >= 0.6 is 0 Å². The maximum absolute atomic E-state index is 5.69. The molecule has 28 heavy (non-hydrogen) atoms. The third-order valence-corrected chi connectivity index (χ3v) is 4.02. The van der Waals surface area contributed by atoms with Crippen molar-refractivity contribution in [1.29, 1.82) is 0 Å². The van der Waals surface area contributed by atoms with E-state index in [2.05, 4.69) is 20.6 Å². The predicted molar refractivity (Wildman–Crippen MR) is 109 cm³/mol. The molecule has 1 aromatic heterocycles. The van der Waals surface area contributed by atoms with Gasteiger partial charge in [0.1, 0.15) is 29.7 Å². The van der Waals surface area contributed by atoms with E-state index in [1.54, 1.807) is 20.4 Å². The van der Waals surface area contributed by atoms with Gasteiger partial charge in [0, 0.05) is 18.3 Å². The minimum absolute atomic E-state index is 0.495. The lowest BCUT2D eigenvalue weighted by atomic mass is 10.2. The van der Waals surface area contributed by atoms with E-state index in [4.69, 9.17) is 14.2 Å². The number of methoxy groups -OCH3 is 2. The van der Waals surface area contributed by atoms with Crippen molar-refractivity contribution in [1.82, 2.24) is 9.97 Å². The Kier molecular flexibility index (Phi) is 6.89. The van der Waals surface area contributed by atoms with E-state index in [1.165, 1.54) is 0 Å². The van der Waals surface area contributed by atoms with Gasteiger partial charge < -0.3 is 24.8 Å². The number of hydrogen-bond donors (Lipinski definition) is 2. The van der Waals surface area contributed by atoms with Crippen LogP contribution in [0.15, 0.2) is 60.8 Å². The summed E-state index contributed by atoms with van der Waals surface area (Å²) in [6, 6.07) is 17.2. The van der Waals surface area contributed by atoms with Crippen molar-refractivity contribution in [3.63, 3.8) is 0 Å². The Morgan fingerprint density at radius 3 is 2.43 bits per heavy atom. The van der Waals surface area contributed by atoms with Crippen LogP contribution in [0.3, 0.4) is 0 Å². The topological polar surface area (TPSA) is 77.5 Å². The fourth-order valence-electron chi connectivity index (χ4n) is 2.58. The van der Waals surface area contributed by atoms with Crippen LogP contribution in [-0.4, -0.2) is 37.3 Å². The van der Waals surface area contributed by atoms with Crippen LogP contribution < -0.4 is 24.8 Å². The molecule has 0 saturated carbocycles. The van der Waals surface area contributed by atoms with Crippen LogP contribution in [0.2, 0.25) is 0 Å². The van der Waals surface area contributed by atoms with Crippen molar-refractivity contribution in [2.24, 2.45) is 0 Å². The Bertz CT molecular complexity index is 872. The van der Waals surface area contributed by atoms with Gasteiger partial charge >= 0.3 is 0 Å². The third-order valence-electron chi connectivity index (χ3n) is 4.02. The lowest BCUT2D eigenvalue weighted by Crippen LogP contribution is -2.14. The minimum atomic E-state index is 0.495. The van der Waals surface area contributed by atoms with Crippen LogP contribution in [0.1, 0.15) is 5.56 Å². The normalized spacial score (nSPS) is 10.2. The fraction of sp³-hybridized carbons (Fsp3) is 0.238. The number of nitrogens with one attached hydrogen (secondary N) is 2. The molecule has 7 nitrogen and oxygen atoms in total. The summed E-state index contributed by atoms with van der Waals surface area (Å²) in [7, 11) is 3.30. The molecule has 0 radical (unpaired) electrons. The summed E-state index contributed by atoms with van der Waals surface area (Å²) >= 11 is 0. The highest BCUT2D eigenvalue weighted by Gasteiger charge is 2.03. The molecule has 0 amide bonds. The van der Waals surface area contributed by atoms with Gasteiger partial charge in [-0.25, -0.2) is 4.98 Å². The van der Waals surface area contributed by atoms with Crippen LogP contribution in [0.4, 0.5) is 11.8 Å². The predicted octanol–water partition coefficient (Wildman–Crippen LogP) is 3.60. The summed E-state index contributed by atoms with van der Waals surface area (Å²) in [5.41, 5.74) is 1.06. The lowest BCUT2D eigenvalue weighted by molar-refractivity contribution is 0.331. The van der Waals surface area contributed by atoms with Crippen molar-refractivity contribution in [3.8, 4) is 17.2 Å². The molecule has 7 heteroatoms. The number of rotatable bonds is 10. The Balaban J connectivity index is 1.46. The zero-order chi connectivity index (χ0) is 19.6. The van der Waals surface area contributed by atoms with Gasteiger partial charge in [-0.1, -0.05) is 18.2 Å². The number of aromatic nitrogens is 2. The van der Waals surface area contributed by atoms with Gasteiger partial charge in [0.05, 0.1) is 20.8 Å². The molecule has 0 spiro atoms. The molecule has 0 aliphatic heterocycles. The second-order valence-electron chi connectivity index (χ2n) is 5.88. The van der Waals surface area contributed by atoms with Gasteiger partial charge in [-0.3, -0.25) is 0 Å². The summed E-state index contributed by atoms with van der Waals surface area (Å²) in [5, 5.41) is 6.45. The number of benzene rings is 2. The fourth-order valence-corrected chi connectivity index (χ4v) is 2.58. The molecule has 0 unspecified atom stereocenters. The van der Waals surface area contributed by atoms with Crippen LogP contribution in [0.5, 0.6) is 17.2 Å². The molecule has 0 bridgehead atoms. The maximum Gasteiger partial charge on any atom is 0.224 e.